The van der Waals surface area contributed by atoms with Crippen molar-refractivity contribution in [3.63, 3.8) is 0 Å². The highest BCUT2D eigenvalue weighted by Gasteiger charge is 2.32. The van der Waals surface area contributed by atoms with Gasteiger partial charge in [0.2, 0.25) is 21.8 Å². The number of sulfonamides is 1. The summed E-state index contributed by atoms with van der Waals surface area (Å²) in [7, 11) is -3.98. The molecule has 0 aromatic heterocycles. The second-order valence-electron chi connectivity index (χ2n) is 8.56. The Bertz CT molecular complexity index is 1180. The summed E-state index contributed by atoms with van der Waals surface area (Å²) in [6, 6.07) is 11.7. The van der Waals surface area contributed by atoms with Crippen LogP contribution < -0.4 is 9.62 Å². The zero-order valence-electron chi connectivity index (χ0n) is 21.1. The molecule has 0 saturated carbocycles. The molecule has 2 aromatic carbocycles. The van der Waals surface area contributed by atoms with Crippen LogP contribution in [0.3, 0.4) is 0 Å². The van der Waals surface area contributed by atoms with Crippen LogP contribution in [0.1, 0.15) is 44.2 Å². The van der Waals surface area contributed by atoms with Gasteiger partial charge in [-0.1, -0.05) is 50.6 Å². The van der Waals surface area contributed by atoms with E-state index < -0.39 is 33.4 Å². The van der Waals surface area contributed by atoms with E-state index in [0.717, 1.165) is 40.6 Å². The second-order valence-corrected chi connectivity index (χ2v) is 10.5. The molecule has 11 heteroatoms. The van der Waals surface area contributed by atoms with Gasteiger partial charge in [0, 0.05) is 25.2 Å². The standard InChI is InChI=1S/C25H34N4O6S/c1-5-7-15-26-25(31)23(6-2)27(17-20-12-9-8-11-19(20)3)24(30)18-28(36(4,34)35)21-13-10-14-22(16-21)29(32)33/h8-14,16,23H,5-7,15,17-18H2,1-4H3,(H,26,31)/t23-/m0/s1. The molecule has 0 aliphatic heterocycles. The normalized spacial score (nSPS) is 12.0. The molecule has 36 heavy (non-hydrogen) atoms. The summed E-state index contributed by atoms with van der Waals surface area (Å²) in [5, 5.41) is 14.1. The molecule has 2 aromatic rings. The van der Waals surface area contributed by atoms with E-state index in [2.05, 4.69) is 5.32 Å². The van der Waals surface area contributed by atoms with E-state index in [-0.39, 0.29) is 23.8 Å². The fourth-order valence-electron chi connectivity index (χ4n) is 3.77. The van der Waals surface area contributed by atoms with Crippen molar-refractivity contribution in [2.75, 3.05) is 23.7 Å². The van der Waals surface area contributed by atoms with Gasteiger partial charge in [-0.25, -0.2) is 8.42 Å². The van der Waals surface area contributed by atoms with Crippen LogP contribution >= 0.6 is 0 Å². The number of amides is 2. The molecule has 0 heterocycles. The Hall–Kier alpha value is -3.47. The molecule has 1 N–H and O–H groups in total. The lowest BCUT2D eigenvalue weighted by atomic mass is 10.1. The average Bonchev–Trinajstić information content (AvgIpc) is 2.83. The Kier molecular flexibility index (Phi) is 10.4. The minimum atomic E-state index is -3.98. The van der Waals surface area contributed by atoms with Gasteiger partial charge < -0.3 is 10.2 Å². The number of carbonyl (C=O) groups is 2. The van der Waals surface area contributed by atoms with Gasteiger partial charge >= 0.3 is 0 Å². The highest BCUT2D eigenvalue weighted by Crippen LogP contribution is 2.24. The number of nitrogens with zero attached hydrogens (tertiary/aromatic N) is 3. The summed E-state index contributed by atoms with van der Waals surface area (Å²) in [5.41, 5.74) is 1.45. The molecule has 0 aliphatic rings. The summed E-state index contributed by atoms with van der Waals surface area (Å²) in [6.07, 6.45) is 2.95. The minimum Gasteiger partial charge on any atom is -0.354 e. The molecule has 0 spiro atoms. The number of non-ortho nitro benzene ring substituents is 1. The van der Waals surface area contributed by atoms with Crippen molar-refractivity contribution < 1.29 is 22.9 Å². The smallest absolute Gasteiger partial charge is 0.271 e. The summed E-state index contributed by atoms with van der Waals surface area (Å²) in [5.74, 6) is -0.901. The molecule has 0 bridgehead atoms. The predicted octanol–water partition coefficient (Wildman–Crippen LogP) is 3.39. The first kappa shape index (κ1) is 28.8. The van der Waals surface area contributed by atoms with Gasteiger partial charge in [-0.3, -0.25) is 24.0 Å². The van der Waals surface area contributed by atoms with Gasteiger partial charge in [0.25, 0.3) is 5.69 Å². The molecule has 1 atom stereocenters. The molecule has 0 radical (unpaired) electrons. The third kappa shape index (κ3) is 7.77. The lowest BCUT2D eigenvalue weighted by molar-refractivity contribution is -0.384. The van der Waals surface area contributed by atoms with Crippen LogP contribution in [0, 0.1) is 17.0 Å². The van der Waals surface area contributed by atoms with Gasteiger partial charge in [0.1, 0.15) is 12.6 Å². The van der Waals surface area contributed by atoms with E-state index in [0.29, 0.717) is 13.0 Å². The average molecular weight is 519 g/mol. The largest absolute Gasteiger partial charge is 0.354 e. The van der Waals surface area contributed by atoms with Crippen LogP contribution in [0.4, 0.5) is 11.4 Å². The van der Waals surface area contributed by atoms with Crippen molar-refractivity contribution in [2.45, 2.75) is 52.6 Å². The lowest BCUT2D eigenvalue weighted by Gasteiger charge is -2.33. The Labute approximate surface area is 212 Å². The van der Waals surface area contributed by atoms with Gasteiger partial charge in [0.15, 0.2) is 0 Å². The Morgan fingerprint density at radius 3 is 2.39 bits per heavy atom. The fourth-order valence-corrected chi connectivity index (χ4v) is 4.61. The number of unbranched alkanes of at least 4 members (excludes halogenated alkanes) is 1. The lowest BCUT2D eigenvalue weighted by Crippen LogP contribution is -2.52. The van der Waals surface area contributed by atoms with Crippen LogP contribution in [0.25, 0.3) is 0 Å². The van der Waals surface area contributed by atoms with Gasteiger partial charge in [-0.15, -0.1) is 0 Å². The summed E-state index contributed by atoms with van der Waals surface area (Å²) in [6.45, 7) is 5.66. The Morgan fingerprint density at radius 1 is 1.11 bits per heavy atom. The van der Waals surface area contributed by atoms with E-state index in [1.54, 1.807) is 6.92 Å². The first-order valence-corrected chi connectivity index (χ1v) is 13.7. The highest BCUT2D eigenvalue weighted by molar-refractivity contribution is 7.92. The molecule has 0 fully saturated rings. The summed E-state index contributed by atoms with van der Waals surface area (Å²) >= 11 is 0. The molecule has 196 valence electrons. The molecule has 10 nitrogen and oxygen atoms in total. The molecular weight excluding hydrogens is 484 g/mol. The second kappa shape index (κ2) is 13.0. The Balaban J connectivity index is 2.45. The van der Waals surface area contributed by atoms with Crippen molar-refractivity contribution in [3.8, 4) is 0 Å². The number of nitro benzene ring substituents is 1. The van der Waals surface area contributed by atoms with Crippen molar-refractivity contribution in [3.05, 3.63) is 69.8 Å². The van der Waals surface area contributed by atoms with Gasteiger partial charge in [-0.2, -0.15) is 0 Å². The number of aryl methyl sites for hydroxylation is 1. The molecule has 2 rings (SSSR count). The third-order valence-corrected chi connectivity index (χ3v) is 6.97. The molecule has 0 aliphatic carbocycles. The molecule has 0 unspecified atom stereocenters. The molecule has 2 amide bonds. The number of hydrogen-bond donors (Lipinski definition) is 1. The molecular formula is C25H34N4O6S. The maximum absolute atomic E-state index is 13.6. The van der Waals surface area contributed by atoms with E-state index in [4.69, 9.17) is 0 Å². The SMILES string of the molecule is CCCCNC(=O)[C@H](CC)N(Cc1ccccc1C)C(=O)CN(c1cccc([N+](=O)[O-])c1)S(C)(=O)=O. The van der Waals surface area contributed by atoms with Crippen LogP contribution in [0.15, 0.2) is 48.5 Å². The molecule has 0 saturated heterocycles. The predicted molar refractivity (Wildman–Crippen MR) is 139 cm³/mol. The summed E-state index contributed by atoms with van der Waals surface area (Å²) < 4.78 is 26.1. The fraction of sp³-hybridized carbons (Fsp3) is 0.440. The van der Waals surface area contributed by atoms with E-state index in [1.165, 1.54) is 23.1 Å². The zero-order chi connectivity index (χ0) is 26.9. The van der Waals surface area contributed by atoms with E-state index in [1.807, 2.05) is 38.1 Å². The zero-order valence-corrected chi connectivity index (χ0v) is 22.0. The van der Waals surface area contributed by atoms with E-state index in [9.17, 15) is 28.1 Å². The number of anilines is 1. The van der Waals surface area contributed by atoms with Crippen molar-refractivity contribution in [2.24, 2.45) is 0 Å². The number of carbonyl (C=O) groups excluding carboxylic acids is 2. The third-order valence-electron chi connectivity index (χ3n) is 5.83. The highest BCUT2D eigenvalue weighted by atomic mass is 32.2. The van der Waals surface area contributed by atoms with Crippen LogP contribution in [0.5, 0.6) is 0 Å². The first-order chi connectivity index (χ1) is 17.0. The maximum atomic E-state index is 13.6. The van der Waals surface area contributed by atoms with Crippen LogP contribution in [-0.2, 0) is 26.2 Å². The Morgan fingerprint density at radius 2 is 1.81 bits per heavy atom. The van der Waals surface area contributed by atoms with Gasteiger partial charge in [-0.05, 0) is 37.0 Å². The first-order valence-electron chi connectivity index (χ1n) is 11.8. The number of hydrogen-bond acceptors (Lipinski definition) is 6. The van der Waals surface area contributed by atoms with Crippen LogP contribution in [-0.4, -0.2) is 55.4 Å². The number of rotatable bonds is 13. The monoisotopic (exact) mass is 518 g/mol. The maximum Gasteiger partial charge on any atom is 0.271 e. The minimum absolute atomic E-state index is 0.00339. The van der Waals surface area contributed by atoms with E-state index >= 15 is 0 Å². The quantitative estimate of drug-likeness (QED) is 0.246. The van der Waals surface area contributed by atoms with Crippen molar-refractivity contribution in [1.29, 1.82) is 0 Å². The van der Waals surface area contributed by atoms with Crippen molar-refractivity contribution >= 4 is 33.2 Å². The topological polar surface area (TPSA) is 130 Å². The van der Waals surface area contributed by atoms with Gasteiger partial charge in [0.05, 0.1) is 16.9 Å². The summed E-state index contributed by atoms with van der Waals surface area (Å²) in [4.78, 5) is 38.7. The van der Waals surface area contributed by atoms with Crippen molar-refractivity contribution in [1.82, 2.24) is 10.2 Å². The number of benzene rings is 2. The number of nitro groups is 1. The van der Waals surface area contributed by atoms with Crippen LogP contribution in [0.2, 0.25) is 0 Å². The number of nitrogens with one attached hydrogen (secondary N) is 1.